The van der Waals surface area contributed by atoms with Crippen LogP contribution in [0.5, 0.6) is 0 Å². The minimum absolute atomic E-state index is 0.477. The highest BCUT2D eigenvalue weighted by atomic mass is 32.2. The van der Waals surface area contributed by atoms with Crippen molar-refractivity contribution in [3.05, 3.63) is 41.7 Å². The normalized spacial score (nSPS) is 9.88. The van der Waals surface area contributed by atoms with Gasteiger partial charge < -0.3 is 5.73 Å². The van der Waals surface area contributed by atoms with Gasteiger partial charge in [0.05, 0.1) is 11.3 Å². The van der Waals surface area contributed by atoms with E-state index in [2.05, 4.69) is 9.97 Å². The fourth-order valence-electron chi connectivity index (χ4n) is 1.29. The highest BCUT2D eigenvalue weighted by molar-refractivity contribution is 7.99. The first-order chi connectivity index (χ1) is 8.19. The van der Waals surface area contributed by atoms with E-state index in [4.69, 9.17) is 11.0 Å². The largest absolute Gasteiger partial charge is 0.398 e. The van der Waals surface area contributed by atoms with E-state index in [1.807, 2.05) is 25.1 Å². The van der Waals surface area contributed by atoms with Gasteiger partial charge in [0, 0.05) is 16.8 Å². The van der Waals surface area contributed by atoms with Gasteiger partial charge in [0.1, 0.15) is 6.07 Å². The lowest BCUT2D eigenvalue weighted by molar-refractivity contribution is 0.932. The lowest BCUT2D eigenvalue weighted by Crippen LogP contribution is -1.91. The average Bonchev–Trinajstić information content (AvgIpc) is 2.29. The molecule has 84 valence electrons. The highest BCUT2D eigenvalue weighted by Gasteiger charge is 2.03. The van der Waals surface area contributed by atoms with Gasteiger partial charge in [-0.15, -0.1) is 0 Å². The monoisotopic (exact) mass is 242 g/mol. The molecule has 1 aromatic carbocycles. The number of hydrogen-bond acceptors (Lipinski definition) is 5. The molecule has 0 amide bonds. The van der Waals surface area contributed by atoms with E-state index in [9.17, 15) is 0 Å². The Morgan fingerprint density at radius 2 is 2.18 bits per heavy atom. The van der Waals surface area contributed by atoms with Crippen LogP contribution in [0.25, 0.3) is 0 Å². The number of hydrogen-bond donors (Lipinski definition) is 1. The van der Waals surface area contributed by atoms with Crippen molar-refractivity contribution in [3.63, 3.8) is 0 Å². The second-order valence-corrected chi connectivity index (χ2v) is 4.48. The van der Waals surface area contributed by atoms with Crippen LogP contribution >= 0.6 is 11.8 Å². The maximum atomic E-state index is 8.77. The molecule has 0 fully saturated rings. The van der Waals surface area contributed by atoms with Crippen LogP contribution in [0.1, 0.15) is 11.3 Å². The summed E-state index contributed by atoms with van der Waals surface area (Å²) in [4.78, 5) is 9.36. The molecule has 2 aromatic rings. The lowest BCUT2D eigenvalue weighted by atomic mass is 10.2. The lowest BCUT2D eigenvalue weighted by Gasteiger charge is -2.03. The fraction of sp³-hybridized carbons (Fsp3) is 0.0833. The zero-order valence-corrected chi connectivity index (χ0v) is 10.0. The summed E-state index contributed by atoms with van der Waals surface area (Å²) in [6, 6.07) is 9.17. The molecule has 2 rings (SSSR count). The molecule has 0 atom stereocenters. The van der Waals surface area contributed by atoms with E-state index in [-0.39, 0.29) is 0 Å². The molecule has 4 nitrogen and oxygen atoms in total. The van der Waals surface area contributed by atoms with E-state index in [0.717, 1.165) is 10.6 Å². The maximum absolute atomic E-state index is 8.77. The molecular formula is C12H10N4S. The quantitative estimate of drug-likeness (QED) is 0.646. The van der Waals surface area contributed by atoms with Crippen molar-refractivity contribution in [2.24, 2.45) is 0 Å². The Bertz CT molecular complexity index is 589. The van der Waals surface area contributed by atoms with Crippen LogP contribution in [0, 0.1) is 18.3 Å². The summed E-state index contributed by atoms with van der Waals surface area (Å²) in [7, 11) is 0. The van der Waals surface area contributed by atoms with E-state index >= 15 is 0 Å². The summed E-state index contributed by atoms with van der Waals surface area (Å²) in [6.07, 6.45) is 1.72. The molecule has 0 aliphatic heterocycles. The topological polar surface area (TPSA) is 75.6 Å². The third-order valence-electron chi connectivity index (χ3n) is 2.13. The molecule has 0 unspecified atom stereocenters. The third kappa shape index (κ3) is 2.74. The Balaban J connectivity index is 2.25. The summed E-state index contributed by atoms with van der Waals surface area (Å²) in [5, 5.41) is 9.45. The van der Waals surface area contributed by atoms with Gasteiger partial charge in [0.15, 0.2) is 5.16 Å². The summed E-state index contributed by atoms with van der Waals surface area (Å²) in [5.74, 6) is 0. The summed E-state index contributed by atoms with van der Waals surface area (Å²) >= 11 is 1.42. The van der Waals surface area contributed by atoms with Gasteiger partial charge in [-0.25, -0.2) is 9.97 Å². The number of aryl methyl sites for hydroxylation is 1. The molecule has 5 heteroatoms. The first-order valence-electron chi connectivity index (χ1n) is 4.96. The Morgan fingerprint density at radius 3 is 2.82 bits per heavy atom. The Hall–Kier alpha value is -2.06. The summed E-state index contributed by atoms with van der Waals surface area (Å²) < 4.78 is 0. The predicted molar refractivity (Wildman–Crippen MR) is 66.5 cm³/mol. The van der Waals surface area contributed by atoms with Crippen molar-refractivity contribution < 1.29 is 0 Å². The molecule has 0 spiro atoms. The number of nitrogen functional groups attached to an aromatic ring is 1. The molecule has 0 aliphatic carbocycles. The van der Waals surface area contributed by atoms with Crippen LogP contribution < -0.4 is 5.73 Å². The molecular weight excluding hydrogens is 232 g/mol. The second kappa shape index (κ2) is 4.85. The average molecular weight is 242 g/mol. The zero-order valence-electron chi connectivity index (χ0n) is 9.21. The zero-order chi connectivity index (χ0) is 12.3. The highest BCUT2D eigenvalue weighted by Crippen LogP contribution is 2.27. The summed E-state index contributed by atoms with van der Waals surface area (Å²) in [5.41, 5.74) is 7.62. The van der Waals surface area contributed by atoms with Crippen molar-refractivity contribution >= 4 is 17.4 Å². The van der Waals surface area contributed by atoms with E-state index in [1.165, 1.54) is 11.8 Å². The predicted octanol–water partition coefficient (Wildman–Crippen LogP) is 2.39. The van der Waals surface area contributed by atoms with Crippen molar-refractivity contribution in [1.29, 1.82) is 5.26 Å². The van der Waals surface area contributed by atoms with Gasteiger partial charge in [-0.2, -0.15) is 5.26 Å². The van der Waals surface area contributed by atoms with Gasteiger partial charge >= 0.3 is 0 Å². The number of benzene rings is 1. The van der Waals surface area contributed by atoms with Crippen molar-refractivity contribution in [2.45, 2.75) is 17.0 Å². The van der Waals surface area contributed by atoms with Crippen LogP contribution in [0.15, 0.2) is 40.5 Å². The molecule has 17 heavy (non-hydrogen) atoms. The van der Waals surface area contributed by atoms with Crippen LogP contribution in [0.2, 0.25) is 0 Å². The number of anilines is 1. The first-order valence-corrected chi connectivity index (χ1v) is 5.78. The van der Waals surface area contributed by atoms with Gasteiger partial charge in [-0.05, 0) is 43.0 Å². The van der Waals surface area contributed by atoms with E-state index in [1.54, 1.807) is 18.3 Å². The standard InChI is InChI=1S/C12H10N4S/c1-8-4-5-15-12(16-8)17-10-3-2-9(7-13)11(14)6-10/h2-6H,14H2,1H3. The molecule has 0 saturated carbocycles. The number of nitrogens with zero attached hydrogens (tertiary/aromatic N) is 3. The molecule has 0 aliphatic rings. The second-order valence-electron chi connectivity index (χ2n) is 3.44. The number of nitriles is 1. The molecule has 2 N–H and O–H groups in total. The van der Waals surface area contributed by atoms with E-state index in [0.29, 0.717) is 16.4 Å². The van der Waals surface area contributed by atoms with Gasteiger partial charge in [0.2, 0.25) is 0 Å². The Labute approximate surface area is 104 Å². The van der Waals surface area contributed by atoms with E-state index < -0.39 is 0 Å². The molecule has 0 bridgehead atoms. The van der Waals surface area contributed by atoms with Crippen LogP contribution in [-0.4, -0.2) is 9.97 Å². The third-order valence-corrected chi connectivity index (χ3v) is 2.99. The van der Waals surface area contributed by atoms with Crippen molar-refractivity contribution in [2.75, 3.05) is 5.73 Å². The first kappa shape index (κ1) is 11.4. The minimum atomic E-state index is 0.477. The van der Waals surface area contributed by atoms with Crippen LogP contribution in [0.3, 0.4) is 0 Å². The molecule has 0 radical (unpaired) electrons. The van der Waals surface area contributed by atoms with Gasteiger partial charge in [-0.1, -0.05) is 0 Å². The van der Waals surface area contributed by atoms with Crippen molar-refractivity contribution in [3.8, 4) is 6.07 Å². The molecule has 1 heterocycles. The van der Waals surface area contributed by atoms with Crippen LogP contribution in [0.4, 0.5) is 5.69 Å². The van der Waals surface area contributed by atoms with Gasteiger partial charge in [-0.3, -0.25) is 0 Å². The smallest absolute Gasteiger partial charge is 0.192 e. The maximum Gasteiger partial charge on any atom is 0.192 e. The number of nitrogens with two attached hydrogens (primary N) is 1. The Kier molecular flexibility index (Phi) is 3.26. The SMILES string of the molecule is Cc1ccnc(Sc2ccc(C#N)c(N)c2)n1. The summed E-state index contributed by atoms with van der Waals surface area (Å²) in [6.45, 7) is 1.92. The van der Waals surface area contributed by atoms with Gasteiger partial charge in [0.25, 0.3) is 0 Å². The minimum Gasteiger partial charge on any atom is -0.398 e. The Morgan fingerprint density at radius 1 is 1.35 bits per heavy atom. The fourth-order valence-corrected chi connectivity index (χ4v) is 2.12. The van der Waals surface area contributed by atoms with Crippen LogP contribution in [-0.2, 0) is 0 Å². The number of aromatic nitrogens is 2. The number of rotatable bonds is 2. The molecule has 1 aromatic heterocycles. The molecule has 0 saturated heterocycles. The van der Waals surface area contributed by atoms with Crippen molar-refractivity contribution in [1.82, 2.24) is 9.97 Å².